The third-order valence-corrected chi connectivity index (χ3v) is 4.54. The van der Waals surface area contributed by atoms with Crippen molar-refractivity contribution in [3.63, 3.8) is 0 Å². The van der Waals surface area contributed by atoms with Crippen molar-refractivity contribution in [2.75, 3.05) is 33.3 Å². The maximum absolute atomic E-state index is 14.3. The van der Waals surface area contributed by atoms with Gasteiger partial charge in [0.15, 0.2) is 0 Å². The minimum Gasteiger partial charge on any atom is -0.481 e. The monoisotopic (exact) mass is 348 g/mol. The summed E-state index contributed by atoms with van der Waals surface area (Å²) in [5, 5.41) is 11.1. The minimum absolute atomic E-state index is 0.299. The first-order chi connectivity index (χ1) is 12.1. The third-order valence-electron chi connectivity index (χ3n) is 4.54. The number of hydrogen-bond acceptors (Lipinski definition) is 5. The Kier molecular flexibility index (Phi) is 5.28. The molecule has 0 unspecified atom stereocenters. The molecule has 0 saturated carbocycles. The molecule has 1 aliphatic rings. The van der Waals surface area contributed by atoms with Crippen molar-refractivity contribution in [1.82, 2.24) is 20.2 Å². The van der Waals surface area contributed by atoms with Crippen LogP contribution in [0.1, 0.15) is 12.0 Å². The summed E-state index contributed by atoms with van der Waals surface area (Å²) in [4.78, 5) is 21.2. The van der Waals surface area contributed by atoms with Gasteiger partial charge in [-0.3, -0.25) is 4.98 Å². The molecule has 1 fully saturated rings. The number of carboxylic acid groups (broad SMARTS) is 1. The quantitative estimate of drug-likeness (QED) is 0.829. The van der Waals surface area contributed by atoms with Crippen molar-refractivity contribution >= 4 is 17.1 Å². The number of rotatable bonds is 6. The van der Waals surface area contributed by atoms with E-state index in [-0.39, 0.29) is 5.82 Å². The summed E-state index contributed by atoms with van der Waals surface area (Å²) in [5.74, 6) is 0.368. The van der Waals surface area contributed by atoms with Crippen LogP contribution < -0.4 is 10.1 Å². The van der Waals surface area contributed by atoms with Crippen LogP contribution in [0.5, 0.6) is 5.88 Å². The molecule has 1 saturated heterocycles. The van der Waals surface area contributed by atoms with Crippen molar-refractivity contribution in [3.8, 4) is 5.88 Å². The number of halogens is 1. The van der Waals surface area contributed by atoms with E-state index in [1.807, 2.05) is 0 Å². The zero-order chi connectivity index (χ0) is 17.8. The summed E-state index contributed by atoms with van der Waals surface area (Å²) in [7, 11) is 1.52. The molecule has 1 amide bonds. The number of hydrogen-bond donors (Lipinski definition) is 2. The van der Waals surface area contributed by atoms with Crippen LogP contribution >= 0.6 is 0 Å². The third kappa shape index (κ3) is 4.14. The Balaban J connectivity index is 1.67. The first kappa shape index (κ1) is 17.3. The van der Waals surface area contributed by atoms with Gasteiger partial charge in [-0.25, -0.2) is 14.2 Å². The Labute approximate surface area is 144 Å². The van der Waals surface area contributed by atoms with Crippen LogP contribution in [-0.4, -0.2) is 59.4 Å². The second-order valence-electron chi connectivity index (χ2n) is 6.20. The van der Waals surface area contributed by atoms with Gasteiger partial charge in [-0.1, -0.05) is 0 Å². The highest BCUT2D eigenvalue weighted by atomic mass is 19.1. The molecule has 0 spiro atoms. The largest absolute Gasteiger partial charge is 0.481 e. The van der Waals surface area contributed by atoms with Gasteiger partial charge in [-0.05, 0) is 31.4 Å². The lowest BCUT2D eigenvalue weighted by molar-refractivity contribution is 0.192. The van der Waals surface area contributed by atoms with Crippen LogP contribution in [0.15, 0.2) is 18.3 Å². The lowest BCUT2D eigenvalue weighted by Gasteiger charge is -2.17. The van der Waals surface area contributed by atoms with E-state index < -0.39 is 6.09 Å². The van der Waals surface area contributed by atoms with Gasteiger partial charge in [0.05, 0.1) is 24.3 Å². The van der Waals surface area contributed by atoms with Crippen molar-refractivity contribution in [2.45, 2.75) is 12.8 Å². The SMILES string of the molecule is COc1ccc2ncc(F)c(CCN3CC[C@@H](CNC(=O)O)C3)c2n1. The van der Waals surface area contributed by atoms with Gasteiger partial charge < -0.3 is 20.1 Å². The van der Waals surface area contributed by atoms with Crippen LogP contribution in [-0.2, 0) is 6.42 Å². The van der Waals surface area contributed by atoms with E-state index in [2.05, 4.69) is 20.2 Å². The molecule has 8 heteroatoms. The molecule has 2 aromatic heterocycles. The molecule has 134 valence electrons. The normalized spacial score (nSPS) is 17.8. The molecule has 25 heavy (non-hydrogen) atoms. The number of pyridine rings is 2. The predicted octanol–water partition coefficient (Wildman–Crippen LogP) is 1.91. The summed E-state index contributed by atoms with van der Waals surface area (Å²) in [5.41, 5.74) is 1.71. The Morgan fingerprint density at radius 2 is 2.36 bits per heavy atom. The molecule has 0 bridgehead atoms. The van der Waals surface area contributed by atoms with E-state index >= 15 is 0 Å². The first-order valence-corrected chi connectivity index (χ1v) is 8.24. The molecule has 1 atom stereocenters. The second-order valence-corrected chi connectivity index (χ2v) is 6.20. The molecule has 2 N–H and O–H groups in total. The molecular weight excluding hydrogens is 327 g/mol. The lowest BCUT2D eigenvalue weighted by Crippen LogP contribution is -2.30. The van der Waals surface area contributed by atoms with Crippen molar-refractivity contribution in [1.29, 1.82) is 0 Å². The zero-order valence-corrected chi connectivity index (χ0v) is 14.0. The number of methoxy groups -OCH3 is 1. The number of aromatic nitrogens is 2. The van der Waals surface area contributed by atoms with Gasteiger partial charge in [0.25, 0.3) is 0 Å². The molecule has 1 aliphatic heterocycles. The van der Waals surface area contributed by atoms with Gasteiger partial charge in [0.1, 0.15) is 5.82 Å². The highest BCUT2D eigenvalue weighted by molar-refractivity contribution is 5.78. The van der Waals surface area contributed by atoms with Crippen LogP contribution in [0.25, 0.3) is 11.0 Å². The van der Waals surface area contributed by atoms with E-state index in [9.17, 15) is 9.18 Å². The Morgan fingerprint density at radius 3 is 3.12 bits per heavy atom. The van der Waals surface area contributed by atoms with E-state index in [0.717, 1.165) is 19.5 Å². The smallest absolute Gasteiger partial charge is 0.404 e. The highest BCUT2D eigenvalue weighted by Crippen LogP contribution is 2.23. The van der Waals surface area contributed by atoms with Crippen LogP contribution in [0.2, 0.25) is 0 Å². The fourth-order valence-corrected chi connectivity index (χ4v) is 3.21. The average Bonchev–Trinajstić information content (AvgIpc) is 3.06. The lowest BCUT2D eigenvalue weighted by atomic mass is 10.1. The van der Waals surface area contributed by atoms with Gasteiger partial charge in [0.2, 0.25) is 5.88 Å². The number of amides is 1. The standard InChI is InChI=1S/C17H21FN4O3/c1-25-15-3-2-14-16(21-15)12(13(18)9-19-14)5-7-22-6-4-11(10-22)8-20-17(23)24/h2-3,9,11,20H,4-8,10H2,1H3,(H,23,24)/t11-/m0/s1. The fourth-order valence-electron chi connectivity index (χ4n) is 3.21. The number of nitrogens with one attached hydrogen (secondary N) is 1. The maximum atomic E-state index is 14.3. The number of likely N-dealkylation sites (tertiary alicyclic amines) is 1. The van der Waals surface area contributed by atoms with Gasteiger partial charge >= 0.3 is 6.09 Å². The Hall–Kier alpha value is -2.48. The van der Waals surface area contributed by atoms with Crippen molar-refractivity contribution in [2.24, 2.45) is 5.92 Å². The number of carbonyl (C=O) groups is 1. The fraction of sp³-hybridized carbons (Fsp3) is 0.471. The van der Waals surface area contributed by atoms with Crippen molar-refractivity contribution in [3.05, 3.63) is 29.7 Å². The topological polar surface area (TPSA) is 87.6 Å². The van der Waals surface area contributed by atoms with Crippen LogP contribution in [0, 0.1) is 11.7 Å². The number of fused-ring (bicyclic) bond motifs is 1. The second kappa shape index (κ2) is 7.60. The first-order valence-electron chi connectivity index (χ1n) is 8.24. The minimum atomic E-state index is -0.996. The Morgan fingerprint density at radius 1 is 1.52 bits per heavy atom. The zero-order valence-electron chi connectivity index (χ0n) is 14.0. The highest BCUT2D eigenvalue weighted by Gasteiger charge is 2.23. The molecule has 0 aromatic carbocycles. The van der Waals surface area contributed by atoms with Crippen LogP contribution in [0.4, 0.5) is 9.18 Å². The van der Waals surface area contributed by atoms with E-state index in [0.29, 0.717) is 47.9 Å². The molecule has 3 heterocycles. The molecule has 2 aromatic rings. The summed E-state index contributed by atoms with van der Waals surface area (Å²) < 4.78 is 19.4. The molecule has 3 rings (SSSR count). The summed E-state index contributed by atoms with van der Waals surface area (Å²) >= 11 is 0. The molecule has 0 radical (unpaired) electrons. The molecular formula is C17H21FN4O3. The average molecular weight is 348 g/mol. The van der Waals surface area contributed by atoms with Crippen LogP contribution in [0.3, 0.4) is 0 Å². The summed E-state index contributed by atoms with van der Waals surface area (Å²) in [6.07, 6.45) is 1.69. The van der Waals surface area contributed by atoms with E-state index in [1.165, 1.54) is 13.3 Å². The van der Waals surface area contributed by atoms with Gasteiger partial charge in [-0.15, -0.1) is 0 Å². The van der Waals surface area contributed by atoms with Gasteiger partial charge in [0, 0.05) is 31.3 Å². The number of nitrogens with zero attached hydrogens (tertiary/aromatic N) is 3. The van der Waals surface area contributed by atoms with Crippen molar-refractivity contribution < 1.29 is 19.0 Å². The molecule has 7 nitrogen and oxygen atoms in total. The summed E-state index contributed by atoms with van der Waals surface area (Å²) in [6, 6.07) is 3.48. The molecule has 0 aliphatic carbocycles. The number of ether oxygens (including phenoxy) is 1. The maximum Gasteiger partial charge on any atom is 0.404 e. The van der Waals surface area contributed by atoms with Gasteiger partial charge in [-0.2, -0.15) is 0 Å². The Bertz CT molecular complexity index is 771. The predicted molar refractivity (Wildman–Crippen MR) is 90.3 cm³/mol. The summed E-state index contributed by atoms with van der Waals surface area (Å²) in [6.45, 7) is 2.84. The van der Waals surface area contributed by atoms with E-state index in [4.69, 9.17) is 9.84 Å². The van der Waals surface area contributed by atoms with E-state index in [1.54, 1.807) is 12.1 Å².